The number of alkyl halides is 1. The molecule has 3 saturated heterocycles. The first kappa shape index (κ1) is 58.2. The molecule has 0 unspecified atom stereocenters. The molecule has 3 aliphatic heterocycles. The predicted molar refractivity (Wildman–Crippen MR) is 259 cm³/mol. The Balaban J connectivity index is 0.000000288. The van der Waals surface area contributed by atoms with Crippen LogP contribution in [0.5, 0.6) is 0 Å². The minimum absolute atomic E-state index is 0. The van der Waals surface area contributed by atoms with E-state index in [0.29, 0.717) is 0 Å². The smallest absolute Gasteiger partial charge is 1.00 e. The topological polar surface area (TPSA) is 95.8 Å². The van der Waals surface area contributed by atoms with Crippen LogP contribution in [-0.2, 0) is 52.9 Å². The Labute approximate surface area is 449 Å². The van der Waals surface area contributed by atoms with Gasteiger partial charge in [0.2, 0.25) is 0 Å². The van der Waals surface area contributed by atoms with Gasteiger partial charge in [-0.25, -0.2) is 0 Å². The zero-order valence-electron chi connectivity index (χ0n) is 39.3. The molecule has 0 spiro atoms. The fourth-order valence-corrected chi connectivity index (χ4v) is 6.72. The molecule has 0 amide bonds. The van der Waals surface area contributed by atoms with E-state index in [-0.39, 0.29) is 137 Å². The van der Waals surface area contributed by atoms with Crippen molar-refractivity contribution in [3.05, 3.63) is 123 Å². The Morgan fingerprint density at radius 1 is 0.435 bits per heavy atom. The Morgan fingerprint density at radius 2 is 0.661 bits per heavy atom. The zero-order valence-corrected chi connectivity index (χ0v) is 47.7. The molecule has 0 aromatic heterocycles. The molecule has 0 bridgehead atoms. The van der Waals surface area contributed by atoms with Crippen LogP contribution in [0.25, 0.3) is 0 Å². The maximum absolute atomic E-state index is 9.00. The van der Waals surface area contributed by atoms with Gasteiger partial charge in [-0.05, 0) is 163 Å². The first-order valence-electron chi connectivity index (χ1n) is 20.8. The predicted octanol–water partition coefficient (Wildman–Crippen LogP) is 2.70. The van der Waals surface area contributed by atoms with Gasteiger partial charge < -0.3 is 55.1 Å². The van der Waals surface area contributed by atoms with E-state index in [4.69, 9.17) is 38.1 Å². The summed E-state index contributed by atoms with van der Waals surface area (Å²) >= 11 is 5.67. The molecule has 0 saturated carbocycles. The van der Waals surface area contributed by atoms with Crippen molar-refractivity contribution in [1.82, 2.24) is 0 Å². The van der Waals surface area contributed by atoms with Gasteiger partial charge in [-0.3, -0.25) is 0 Å². The van der Waals surface area contributed by atoms with E-state index in [1.54, 1.807) is 0 Å². The molecular weight excluding hydrogens is 1050 g/mol. The fraction of sp³-hybridized carbons (Fsp3) is 0.489. The molecule has 8 nitrogen and oxygen atoms in total. The number of halogens is 3. The molecule has 2 N–H and O–H groups in total. The summed E-state index contributed by atoms with van der Waals surface area (Å²) in [6.07, 6.45) is 1.06. The molecule has 332 valence electrons. The van der Waals surface area contributed by atoms with Crippen molar-refractivity contribution >= 4 is 76.3 Å². The van der Waals surface area contributed by atoms with Gasteiger partial charge in [-0.15, -0.1) is 0 Å². The average Bonchev–Trinajstić information content (AvgIpc) is 3.68. The van der Waals surface area contributed by atoms with Crippen molar-refractivity contribution in [2.75, 3.05) is 0 Å². The molecule has 4 aromatic carbocycles. The Morgan fingerprint density at radius 3 is 0.887 bits per heavy atom. The van der Waals surface area contributed by atoms with Crippen LogP contribution in [0.15, 0.2) is 97.1 Å². The summed E-state index contributed by atoms with van der Waals surface area (Å²) in [5, 5.41) is 18.5. The fourth-order valence-electron chi connectivity index (χ4n) is 5.98. The first-order valence-corrected chi connectivity index (χ1v) is 23.0. The van der Waals surface area contributed by atoms with Crippen molar-refractivity contribution in [3.8, 4) is 0 Å². The normalized spacial score (nSPS) is 19.3. The van der Waals surface area contributed by atoms with Gasteiger partial charge in [0.15, 0.2) is 0 Å². The summed E-state index contributed by atoms with van der Waals surface area (Å²) in [5.41, 5.74) is 5.92. The minimum atomic E-state index is -0.326. The molecule has 3 heterocycles. The number of aliphatic hydroxyl groups excluding tert-OH is 2. The van der Waals surface area contributed by atoms with Crippen molar-refractivity contribution in [2.45, 2.75) is 149 Å². The van der Waals surface area contributed by atoms with Crippen molar-refractivity contribution in [2.24, 2.45) is 0 Å². The van der Waals surface area contributed by atoms with Crippen LogP contribution in [0.4, 0.5) is 0 Å². The van der Waals surface area contributed by atoms with Crippen LogP contribution in [0.2, 0.25) is 0 Å². The van der Waals surface area contributed by atoms with Crippen molar-refractivity contribution in [1.29, 1.82) is 0 Å². The van der Waals surface area contributed by atoms with Crippen LogP contribution < -0.4 is 84.8 Å². The van der Waals surface area contributed by atoms with Gasteiger partial charge in [0.05, 0.1) is 46.8 Å². The molecular formula is C47H65B3Br2IKO8. The van der Waals surface area contributed by atoms with Crippen molar-refractivity contribution < 1.29 is 107 Å². The van der Waals surface area contributed by atoms with Gasteiger partial charge in [0.1, 0.15) is 0 Å². The minimum Gasteiger partial charge on any atom is -1.00 e. The largest absolute Gasteiger partial charge is 1.00 e. The van der Waals surface area contributed by atoms with E-state index in [2.05, 4.69) is 149 Å². The van der Waals surface area contributed by atoms with Crippen LogP contribution in [0.1, 0.15) is 112 Å². The molecule has 0 radical (unpaired) electrons. The van der Waals surface area contributed by atoms with E-state index in [1.165, 1.54) is 14.7 Å². The van der Waals surface area contributed by atoms with E-state index >= 15 is 0 Å². The Hall–Kier alpha value is 0.0812. The van der Waals surface area contributed by atoms with Gasteiger partial charge in [-0.2, -0.15) is 0 Å². The summed E-state index contributed by atoms with van der Waals surface area (Å²) in [7, 11) is -0.831. The van der Waals surface area contributed by atoms with Gasteiger partial charge in [0.25, 0.3) is 0 Å². The number of rotatable bonds is 7. The van der Waals surface area contributed by atoms with Crippen LogP contribution in [0.3, 0.4) is 0 Å². The third-order valence-electron chi connectivity index (χ3n) is 12.4. The average molecular weight is 1120 g/mol. The zero-order chi connectivity index (χ0) is 44.7. The number of hydrogen-bond donors (Lipinski definition) is 2. The Kier molecular flexibility index (Phi) is 22.9. The summed E-state index contributed by atoms with van der Waals surface area (Å²) in [6.45, 7) is 27.1. The molecule has 7 rings (SSSR count). The third kappa shape index (κ3) is 15.3. The number of benzene rings is 4. The molecule has 0 aliphatic carbocycles. The Bertz CT molecular complexity index is 1710. The standard InChI is InChI=1S/C14H21BO2.C13H18BBrO2.C13H19BO3.C7H7IO.BrH.K/c1-6-11-7-9-12(10-8-11)15-16-13(2,3)14(4,5)17-15;2*1-12(2)13(3,4)17-14(16-12)11-7-5-10(9-15)6-8-11;8-7-3-1-6(5-9)2-4-7;;/h7-10H,6H2,1-5H3;5-8H,9H2,1-4H3;5-8,15H,9H2,1-4H3;1-4,9H,5H2;1H;/q;;;;;+1/p-1. The van der Waals surface area contributed by atoms with E-state index in [0.717, 1.165) is 39.3 Å². The molecule has 4 aromatic rings. The SMILES string of the molecule is CC1(C)OB(c2ccc(CBr)cc2)OC1(C)C.CC1(C)OB(c2ccc(CO)cc2)OC1(C)C.CCc1ccc(B2OC(C)(C)C(C)(C)O2)cc1.OCc1ccc(I)cc1.[Br-].[K+]. The van der Waals surface area contributed by atoms with E-state index < -0.39 is 0 Å². The molecule has 15 heteroatoms. The van der Waals surface area contributed by atoms with Gasteiger partial charge in [0, 0.05) is 8.90 Å². The van der Waals surface area contributed by atoms with Crippen LogP contribution in [-0.4, -0.2) is 65.2 Å². The van der Waals surface area contributed by atoms with Crippen LogP contribution in [0, 0.1) is 3.57 Å². The molecule has 3 aliphatic rings. The number of aliphatic hydroxyl groups is 2. The summed E-state index contributed by atoms with van der Waals surface area (Å²) < 4.78 is 37.1. The van der Waals surface area contributed by atoms with E-state index in [1.807, 2.05) is 76.2 Å². The van der Waals surface area contributed by atoms with Gasteiger partial charge >= 0.3 is 72.7 Å². The number of aryl methyl sites for hydroxylation is 1. The third-order valence-corrected chi connectivity index (χ3v) is 13.7. The van der Waals surface area contributed by atoms with Gasteiger partial charge in [-0.1, -0.05) is 108 Å². The quantitative estimate of drug-likeness (QED) is 0.166. The summed E-state index contributed by atoms with van der Waals surface area (Å²) in [5.74, 6) is 0. The molecule has 3 fully saturated rings. The second-order valence-electron chi connectivity index (χ2n) is 18.4. The van der Waals surface area contributed by atoms with Crippen molar-refractivity contribution in [3.63, 3.8) is 0 Å². The monoisotopic (exact) mass is 1110 g/mol. The maximum Gasteiger partial charge on any atom is 1.00 e. The van der Waals surface area contributed by atoms with E-state index in [9.17, 15) is 0 Å². The molecule has 62 heavy (non-hydrogen) atoms. The maximum atomic E-state index is 9.00. The second-order valence-corrected chi connectivity index (χ2v) is 20.2. The summed E-state index contributed by atoms with van der Waals surface area (Å²) in [4.78, 5) is 0. The summed E-state index contributed by atoms with van der Waals surface area (Å²) in [6, 6.07) is 32.2. The van der Waals surface area contributed by atoms with Crippen LogP contribution >= 0.6 is 38.5 Å². The second kappa shape index (κ2) is 24.4. The molecule has 0 atom stereocenters. The number of hydrogen-bond acceptors (Lipinski definition) is 8. The first-order chi connectivity index (χ1) is 27.9.